The first-order valence-corrected chi connectivity index (χ1v) is 9.53. The highest BCUT2D eigenvalue weighted by Gasteiger charge is 2.22. The lowest BCUT2D eigenvalue weighted by Crippen LogP contribution is -2.18. The SMILES string of the molecule is Cc1ccc(OCCOc2ccc(Cl)cc2/C=C2\SC(=N)NC2=O)cc1C. The van der Waals surface area contributed by atoms with Crippen molar-refractivity contribution in [3.63, 3.8) is 0 Å². The number of halogens is 1. The molecule has 0 saturated carbocycles. The van der Waals surface area contributed by atoms with Crippen molar-refractivity contribution < 1.29 is 14.3 Å². The van der Waals surface area contributed by atoms with Crippen molar-refractivity contribution in [3.05, 3.63) is 63.0 Å². The van der Waals surface area contributed by atoms with E-state index in [1.165, 1.54) is 11.1 Å². The Bertz CT molecular complexity index is 927. The van der Waals surface area contributed by atoms with E-state index in [1.807, 2.05) is 25.1 Å². The molecule has 1 fully saturated rings. The summed E-state index contributed by atoms with van der Waals surface area (Å²) in [4.78, 5) is 12.2. The molecular weight excluding hydrogens is 384 g/mol. The van der Waals surface area contributed by atoms with Gasteiger partial charge in [-0.05, 0) is 73.1 Å². The van der Waals surface area contributed by atoms with Gasteiger partial charge in [0.25, 0.3) is 5.91 Å². The molecule has 5 nitrogen and oxygen atoms in total. The van der Waals surface area contributed by atoms with Crippen LogP contribution in [0.2, 0.25) is 5.02 Å². The van der Waals surface area contributed by atoms with Crippen LogP contribution in [0.4, 0.5) is 0 Å². The van der Waals surface area contributed by atoms with Crippen LogP contribution in [0.5, 0.6) is 11.5 Å². The van der Waals surface area contributed by atoms with E-state index >= 15 is 0 Å². The number of hydrogen-bond donors (Lipinski definition) is 2. The van der Waals surface area contributed by atoms with Crippen molar-refractivity contribution >= 4 is 40.5 Å². The molecule has 140 valence electrons. The van der Waals surface area contributed by atoms with Crippen LogP contribution in [0.1, 0.15) is 16.7 Å². The van der Waals surface area contributed by atoms with Crippen molar-refractivity contribution in [3.8, 4) is 11.5 Å². The van der Waals surface area contributed by atoms with Crippen molar-refractivity contribution in [1.29, 1.82) is 5.41 Å². The first-order chi connectivity index (χ1) is 12.9. The lowest BCUT2D eigenvalue weighted by atomic mass is 10.1. The average Bonchev–Trinajstić information content (AvgIpc) is 2.93. The largest absolute Gasteiger partial charge is 0.490 e. The number of benzene rings is 2. The Balaban J connectivity index is 1.65. The molecule has 2 aromatic rings. The minimum atomic E-state index is -0.297. The number of rotatable bonds is 6. The van der Waals surface area contributed by atoms with Crippen LogP contribution in [0.15, 0.2) is 41.3 Å². The number of carbonyl (C=O) groups excluding carboxylic acids is 1. The summed E-state index contributed by atoms with van der Waals surface area (Å²) in [6.07, 6.45) is 1.67. The third-order valence-electron chi connectivity index (χ3n) is 4.01. The monoisotopic (exact) mass is 402 g/mol. The standard InChI is InChI=1S/C20H19ClN2O3S/c1-12-3-5-16(9-13(12)2)25-7-8-26-17-6-4-15(21)10-14(17)11-18-19(24)23-20(22)27-18/h3-6,9-11H,7-8H2,1-2H3,(H2,22,23,24)/b18-11-. The molecular formula is C20H19ClN2O3S. The Morgan fingerprint density at radius 3 is 2.59 bits per heavy atom. The summed E-state index contributed by atoms with van der Waals surface area (Å²) < 4.78 is 11.5. The van der Waals surface area contributed by atoms with Gasteiger partial charge >= 0.3 is 0 Å². The zero-order valence-corrected chi connectivity index (χ0v) is 16.5. The van der Waals surface area contributed by atoms with Gasteiger partial charge in [-0.1, -0.05) is 17.7 Å². The smallest absolute Gasteiger partial charge is 0.264 e. The van der Waals surface area contributed by atoms with Gasteiger partial charge in [0.2, 0.25) is 0 Å². The van der Waals surface area contributed by atoms with E-state index in [-0.39, 0.29) is 11.1 Å². The van der Waals surface area contributed by atoms with Gasteiger partial charge < -0.3 is 14.8 Å². The van der Waals surface area contributed by atoms with Crippen molar-refractivity contribution in [2.24, 2.45) is 0 Å². The molecule has 1 aliphatic rings. The van der Waals surface area contributed by atoms with E-state index < -0.39 is 0 Å². The highest BCUT2D eigenvalue weighted by atomic mass is 35.5. The number of nitrogens with one attached hydrogen (secondary N) is 2. The molecule has 0 unspecified atom stereocenters. The van der Waals surface area contributed by atoms with Crippen LogP contribution in [-0.4, -0.2) is 24.3 Å². The fourth-order valence-corrected chi connectivity index (χ4v) is 3.33. The Hall–Kier alpha value is -2.44. The van der Waals surface area contributed by atoms with Gasteiger partial charge in [0.15, 0.2) is 5.17 Å². The summed E-state index contributed by atoms with van der Waals surface area (Å²) in [6, 6.07) is 11.2. The van der Waals surface area contributed by atoms with Gasteiger partial charge in [0.05, 0.1) is 4.91 Å². The second-order valence-electron chi connectivity index (χ2n) is 6.02. The Morgan fingerprint density at radius 2 is 1.89 bits per heavy atom. The van der Waals surface area contributed by atoms with E-state index in [0.29, 0.717) is 34.5 Å². The summed E-state index contributed by atoms with van der Waals surface area (Å²) in [5.74, 6) is 1.11. The number of thioether (sulfide) groups is 1. The topological polar surface area (TPSA) is 71.4 Å². The van der Waals surface area contributed by atoms with Gasteiger partial charge in [0.1, 0.15) is 24.7 Å². The van der Waals surface area contributed by atoms with E-state index in [2.05, 4.69) is 12.2 Å². The zero-order chi connectivity index (χ0) is 19.4. The molecule has 3 rings (SSSR count). The zero-order valence-electron chi connectivity index (χ0n) is 15.0. The highest BCUT2D eigenvalue weighted by molar-refractivity contribution is 8.18. The van der Waals surface area contributed by atoms with Crippen molar-refractivity contribution in [1.82, 2.24) is 5.32 Å². The van der Waals surface area contributed by atoms with E-state index in [9.17, 15) is 4.79 Å². The average molecular weight is 403 g/mol. The molecule has 7 heteroatoms. The minimum Gasteiger partial charge on any atom is -0.490 e. The number of amides is 1. The maximum absolute atomic E-state index is 11.8. The number of amidine groups is 1. The molecule has 0 bridgehead atoms. The molecule has 1 saturated heterocycles. The van der Waals surface area contributed by atoms with Gasteiger partial charge in [-0.15, -0.1) is 0 Å². The second-order valence-corrected chi connectivity index (χ2v) is 7.51. The summed E-state index contributed by atoms with van der Waals surface area (Å²) in [5, 5.41) is 10.6. The maximum Gasteiger partial charge on any atom is 0.264 e. The minimum absolute atomic E-state index is 0.109. The molecule has 0 spiro atoms. The van der Waals surface area contributed by atoms with E-state index in [4.69, 9.17) is 26.5 Å². The summed E-state index contributed by atoms with van der Waals surface area (Å²) in [5.41, 5.74) is 3.08. The number of carbonyl (C=O) groups is 1. The Kier molecular flexibility index (Phi) is 6.08. The molecule has 2 N–H and O–H groups in total. The first-order valence-electron chi connectivity index (χ1n) is 8.34. The fraction of sp³-hybridized carbons (Fsp3) is 0.200. The van der Waals surface area contributed by atoms with Gasteiger partial charge in [-0.25, -0.2) is 0 Å². The summed E-state index contributed by atoms with van der Waals surface area (Å²) in [6.45, 7) is 4.84. The van der Waals surface area contributed by atoms with Crippen molar-refractivity contribution in [2.45, 2.75) is 13.8 Å². The number of hydrogen-bond acceptors (Lipinski definition) is 5. The molecule has 0 aliphatic carbocycles. The lowest BCUT2D eigenvalue weighted by molar-refractivity contribution is -0.115. The normalized spacial score (nSPS) is 15.1. The van der Waals surface area contributed by atoms with Crippen LogP contribution in [0, 0.1) is 19.3 Å². The number of aryl methyl sites for hydroxylation is 2. The second kappa shape index (κ2) is 8.50. The summed E-state index contributed by atoms with van der Waals surface area (Å²) in [7, 11) is 0. The van der Waals surface area contributed by atoms with Gasteiger partial charge in [-0.3, -0.25) is 10.2 Å². The Morgan fingerprint density at radius 1 is 1.11 bits per heavy atom. The Labute approximate surface area is 167 Å². The first kappa shape index (κ1) is 19.3. The third-order valence-corrected chi connectivity index (χ3v) is 5.07. The number of ether oxygens (including phenoxy) is 2. The molecule has 1 aliphatic heterocycles. The quantitative estimate of drug-likeness (QED) is 0.549. The third kappa shape index (κ3) is 5.05. The molecule has 0 atom stereocenters. The van der Waals surface area contributed by atoms with E-state index in [0.717, 1.165) is 17.5 Å². The predicted molar refractivity (Wildman–Crippen MR) is 110 cm³/mol. The van der Waals surface area contributed by atoms with Crippen LogP contribution in [0.3, 0.4) is 0 Å². The molecule has 1 amide bonds. The molecule has 2 aromatic carbocycles. The molecule has 1 heterocycles. The maximum atomic E-state index is 11.8. The molecule has 0 aromatic heterocycles. The van der Waals surface area contributed by atoms with Crippen LogP contribution in [0.25, 0.3) is 6.08 Å². The highest BCUT2D eigenvalue weighted by Crippen LogP contribution is 2.30. The van der Waals surface area contributed by atoms with Crippen LogP contribution in [-0.2, 0) is 4.79 Å². The lowest BCUT2D eigenvalue weighted by Gasteiger charge is -2.12. The van der Waals surface area contributed by atoms with Crippen LogP contribution >= 0.6 is 23.4 Å². The van der Waals surface area contributed by atoms with Crippen LogP contribution < -0.4 is 14.8 Å². The van der Waals surface area contributed by atoms with Crippen molar-refractivity contribution in [2.75, 3.05) is 13.2 Å². The van der Waals surface area contributed by atoms with Gasteiger partial charge in [-0.2, -0.15) is 0 Å². The van der Waals surface area contributed by atoms with Gasteiger partial charge in [0, 0.05) is 10.6 Å². The molecule has 27 heavy (non-hydrogen) atoms. The predicted octanol–water partition coefficient (Wildman–Crippen LogP) is 4.55. The summed E-state index contributed by atoms with van der Waals surface area (Å²) >= 11 is 7.15. The van der Waals surface area contributed by atoms with E-state index in [1.54, 1.807) is 24.3 Å². The fourth-order valence-electron chi connectivity index (χ4n) is 2.46. The molecule has 0 radical (unpaired) electrons.